The molecule has 0 N–H and O–H groups in total. The van der Waals surface area contributed by atoms with Gasteiger partial charge in [-0.15, -0.1) is 12.3 Å². The fourth-order valence-corrected chi connectivity index (χ4v) is 2.03. The summed E-state index contributed by atoms with van der Waals surface area (Å²) in [7, 11) is 3.30. The van der Waals surface area contributed by atoms with Crippen LogP contribution >= 0.6 is 0 Å². The smallest absolute Gasteiger partial charge is 0.120 e. The van der Waals surface area contributed by atoms with E-state index in [0.717, 1.165) is 37.0 Å². The van der Waals surface area contributed by atoms with Crippen molar-refractivity contribution in [1.29, 1.82) is 0 Å². The Morgan fingerprint density at radius 2 is 1.33 bits per heavy atom. The van der Waals surface area contributed by atoms with Crippen molar-refractivity contribution in [2.24, 2.45) is 0 Å². The molecule has 3 nitrogen and oxygen atoms in total. The molecule has 3 heteroatoms. The molecule has 2 aromatic rings. The van der Waals surface area contributed by atoms with Crippen molar-refractivity contribution in [3.63, 3.8) is 0 Å². The average Bonchev–Trinajstić information content (AvgIpc) is 2.66. The average molecular weight is 324 g/mol. The van der Waals surface area contributed by atoms with Gasteiger partial charge in [0.15, 0.2) is 0 Å². The van der Waals surface area contributed by atoms with Gasteiger partial charge in [-0.2, -0.15) is 0 Å². The second kappa shape index (κ2) is 11.8. The Bertz CT molecular complexity index is 622. The zero-order valence-electron chi connectivity index (χ0n) is 14.3. The lowest BCUT2D eigenvalue weighted by atomic mass is 10.1. The van der Waals surface area contributed by atoms with Crippen molar-refractivity contribution in [3.8, 4) is 23.8 Å². The summed E-state index contributed by atoms with van der Waals surface area (Å²) in [4.78, 5) is 10.1. The first kappa shape index (κ1) is 19.3. The van der Waals surface area contributed by atoms with Crippen LogP contribution in [0, 0.1) is 12.3 Å². The number of terminal acetylenes is 1. The minimum Gasteiger partial charge on any atom is -0.497 e. The van der Waals surface area contributed by atoms with E-state index in [1.54, 1.807) is 14.2 Å². The zero-order valence-corrected chi connectivity index (χ0v) is 14.3. The number of hydrogen-bond acceptors (Lipinski definition) is 3. The highest BCUT2D eigenvalue weighted by Crippen LogP contribution is 2.12. The van der Waals surface area contributed by atoms with Crippen molar-refractivity contribution < 1.29 is 14.3 Å². The van der Waals surface area contributed by atoms with Gasteiger partial charge >= 0.3 is 0 Å². The number of ether oxygens (including phenoxy) is 2. The Kier molecular flexibility index (Phi) is 9.49. The highest BCUT2D eigenvalue weighted by molar-refractivity contribution is 5.50. The summed E-state index contributed by atoms with van der Waals surface area (Å²) in [5, 5.41) is 0. The molecule has 0 amide bonds. The minimum atomic E-state index is 0.590. The fourth-order valence-electron chi connectivity index (χ4n) is 2.03. The Morgan fingerprint density at radius 1 is 0.875 bits per heavy atom. The summed E-state index contributed by atoms with van der Waals surface area (Å²) in [6, 6.07) is 15.7. The minimum absolute atomic E-state index is 0.590. The molecule has 0 aliphatic carbocycles. The van der Waals surface area contributed by atoms with Gasteiger partial charge in [-0.05, 0) is 48.2 Å². The third-order valence-electron chi connectivity index (χ3n) is 3.43. The van der Waals surface area contributed by atoms with E-state index in [0.29, 0.717) is 6.42 Å². The fraction of sp³-hybridized carbons (Fsp3) is 0.286. The highest BCUT2D eigenvalue weighted by atomic mass is 16.5. The highest BCUT2D eigenvalue weighted by Gasteiger charge is 1.93. The number of aryl methyl sites for hydroxylation is 2. The Hall–Kier alpha value is -2.73. The first-order valence-electron chi connectivity index (χ1n) is 7.86. The molecular formula is C21H24O3. The lowest BCUT2D eigenvalue weighted by Crippen LogP contribution is -1.87. The molecule has 0 fully saturated rings. The number of benzene rings is 2. The summed E-state index contributed by atoms with van der Waals surface area (Å²) in [5.74, 6) is 4.35. The summed E-state index contributed by atoms with van der Waals surface area (Å²) in [5.41, 5.74) is 2.43. The predicted molar refractivity (Wildman–Crippen MR) is 97.5 cm³/mol. The molecule has 24 heavy (non-hydrogen) atoms. The summed E-state index contributed by atoms with van der Waals surface area (Å²) >= 11 is 0. The van der Waals surface area contributed by atoms with Gasteiger partial charge in [-0.3, -0.25) is 0 Å². The van der Waals surface area contributed by atoms with Crippen LogP contribution in [0.3, 0.4) is 0 Å². The third kappa shape index (κ3) is 7.51. The van der Waals surface area contributed by atoms with E-state index >= 15 is 0 Å². The van der Waals surface area contributed by atoms with Crippen molar-refractivity contribution in [3.05, 3.63) is 59.7 Å². The maximum Gasteiger partial charge on any atom is 0.120 e. The van der Waals surface area contributed by atoms with Gasteiger partial charge in [-0.25, -0.2) is 0 Å². The second-order valence-corrected chi connectivity index (χ2v) is 5.11. The quantitative estimate of drug-likeness (QED) is 0.568. The van der Waals surface area contributed by atoms with Crippen LogP contribution in [0.15, 0.2) is 48.5 Å². The van der Waals surface area contributed by atoms with Gasteiger partial charge in [0.25, 0.3) is 0 Å². The molecule has 0 heterocycles. The molecule has 0 saturated carbocycles. The number of rotatable bonds is 7. The van der Waals surface area contributed by atoms with E-state index in [1.807, 2.05) is 48.5 Å². The van der Waals surface area contributed by atoms with E-state index in [9.17, 15) is 4.79 Å². The monoisotopic (exact) mass is 324 g/mol. The van der Waals surface area contributed by atoms with Crippen LogP contribution in [-0.2, 0) is 17.6 Å². The van der Waals surface area contributed by atoms with Crippen LogP contribution in [-0.4, -0.2) is 20.5 Å². The number of methoxy groups -OCH3 is 2. The summed E-state index contributed by atoms with van der Waals surface area (Å²) in [6.07, 6.45) is 9.24. The largest absolute Gasteiger partial charge is 0.497 e. The molecule has 0 spiro atoms. The second-order valence-electron chi connectivity index (χ2n) is 5.11. The maximum atomic E-state index is 10.1. The molecule has 126 valence electrons. The summed E-state index contributed by atoms with van der Waals surface area (Å²) in [6.45, 7) is 0. The van der Waals surface area contributed by atoms with E-state index in [4.69, 9.17) is 15.9 Å². The van der Waals surface area contributed by atoms with Crippen molar-refractivity contribution in [1.82, 2.24) is 0 Å². The molecule has 0 saturated heterocycles. The topological polar surface area (TPSA) is 35.5 Å². The van der Waals surface area contributed by atoms with E-state index in [-0.39, 0.29) is 0 Å². The van der Waals surface area contributed by atoms with Gasteiger partial charge in [0.1, 0.15) is 17.8 Å². The molecule has 0 radical (unpaired) electrons. The van der Waals surface area contributed by atoms with Gasteiger partial charge in [0, 0.05) is 12.8 Å². The molecule has 0 aliphatic rings. The Balaban J connectivity index is 0.000000240. The normalized spacial score (nSPS) is 9.21. The van der Waals surface area contributed by atoms with Crippen LogP contribution in [0.2, 0.25) is 0 Å². The van der Waals surface area contributed by atoms with E-state index < -0.39 is 0 Å². The molecular weight excluding hydrogens is 300 g/mol. The van der Waals surface area contributed by atoms with Gasteiger partial charge in [0.05, 0.1) is 14.2 Å². The standard InChI is InChI=1S/C11H12O.C10H12O2/c1-3-4-5-10-6-8-11(12-2)9-7-10;1-12-10-6-4-9(5-7-10)3-2-8-11/h1,6-9H,4-5H2,2H3;4-8H,2-3H2,1H3. The number of aldehydes is 1. The van der Waals surface area contributed by atoms with E-state index in [2.05, 4.69) is 5.92 Å². The molecule has 0 aliphatic heterocycles. The molecule has 0 atom stereocenters. The van der Waals surface area contributed by atoms with Crippen molar-refractivity contribution in [2.75, 3.05) is 14.2 Å². The summed E-state index contributed by atoms with van der Waals surface area (Å²) < 4.78 is 10.0. The third-order valence-corrected chi connectivity index (χ3v) is 3.43. The predicted octanol–water partition coefficient (Wildman–Crippen LogP) is 4.09. The first-order chi connectivity index (χ1) is 11.7. The van der Waals surface area contributed by atoms with Crippen LogP contribution in [0.25, 0.3) is 0 Å². The number of hydrogen-bond donors (Lipinski definition) is 0. The molecule has 2 aromatic carbocycles. The van der Waals surface area contributed by atoms with Crippen molar-refractivity contribution in [2.45, 2.75) is 25.7 Å². The van der Waals surface area contributed by atoms with Crippen LogP contribution in [0.4, 0.5) is 0 Å². The SMILES string of the molecule is C#CCCc1ccc(OC)cc1.COc1ccc(CCC=O)cc1. The van der Waals surface area contributed by atoms with E-state index in [1.165, 1.54) is 11.1 Å². The molecule has 0 unspecified atom stereocenters. The molecule has 0 bridgehead atoms. The van der Waals surface area contributed by atoms with Gasteiger partial charge in [-0.1, -0.05) is 24.3 Å². The molecule has 0 aromatic heterocycles. The molecule has 2 rings (SSSR count). The lowest BCUT2D eigenvalue weighted by Gasteiger charge is -2.00. The van der Waals surface area contributed by atoms with Crippen LogP contribution in [0.5, 0.6) is 11.5 Å². The Labute approximate surface area is 144 Å². The van der Waals surface area contributed by atoms with Crippen LogP contribution in [0.1, 0.15) is 24.0 Å². The number of carbonyl (C=O) groups excluding carboxylic acids is 1. The zero-order chi connectivity index (χ0) is 17.6. The first-order valence-corrected chi connectivity index (χ1v) is 7.86. The Morgan fingerprint density at radius 3 is 1.71 bits per heavy atom. The maximum absolute atomic E-state index is 10.1. The van der Waals surface area contributed by atoms with Gasteiger partial charge < -0.3 is 14.3 Å². The van der Waals surface area contributed by atoms with Gasteiger partial charge in [0.2, 0.25) is 0 Å². The van der Waals surface area contributed by atoms with Crippen LogP contribution < -0.4 is 9.47 Å². The lowest BCUT2D eigenvalue weighted by molar-refractivity contribution is -0.107. The van der Waals surface area contributed by atoms with Crippen molar-refractivity contribution >= 4 is 6.29 Å². The number of carbonyl (C=O) groups is 1.